The first-order chi connectivity index (χ1) is 15.5. The molecule has 0 spiro atoms. The first-order valence-electron chi connectivity index (χ1n) is 9.92. The van der Waals surface area contributed by atoms with Gasteiger partial charge in [0.25, 0.3) is 0 Å². The van der Waals surface area contributed by atoms with Crippen molar-refractivity contribution in [2.45, 2.75) is 26.7 Å². The highest BCUT2D eigenvalue weighted by Gasteiger charge is 2.05. The molecule has 1 aromatic carbocycles. The molecule has 0 saturated heterocycles. The van der Waals surface area contributed by atoms with Crippen molar-refractivity contribution in [1.29, 1.82) is 5.26 Å². The summed E-state index contributed by atoms with van der Waals surface area (Å²) in [6.07, 6.45) is 5.58. The molecule has 0 amide bonds. The number of nitriles is 1. The molecule has 176 valence electrons. The third-order valence-corrected chi connectivity index (χ3v) is 5.57. The van der Waals surface area contributed by atoms with Gasteiger partial charge in [0, 0.05) is 31.2 Å². The van der Waals surface area contributed by atoms with Crippen LogP contribution in [0.2, 0.25) is 5.28 Å². The Bertz CT molecular complexity index is 1050. The van der Waals surface area contributed by atoms with Crippen LogP contribution in [-0.2, 0) is 0 Å². The van der Waals surface area contributed by atoms with E-state index in [0.29, 0.717) is 11.5 Å². The van der Waals surface area contributed by atoms with E-state index in [1.54, 1.807) is 24.5 Å². The molecular weight excluding hydrogens is 689 g/mol. The van der Waals surface area contributed by atoms with E-state index in [2.05, 4.69) is 101 Å². The van der Waals surface area contributed by atoms with Gasteiger partial charge in [0.05, 0.1) is 18.8 Å². The molecule has 3 aromatic rings. The molecule has 33 heavy (non-hydrogen) atoms. The molecule has 2 heterocycles. The van der Waals surface area contributed by atoms with Gasteiger partial charge in [-0.15, -0.1) is 12.4 Å². The van der Waals surface area contributed by atoms with Gasteiger partial charge in [-0.1, -0.05) is 13.8 Å². The minimum Gasteiger partial charge on any atom is -0.369 e. The molecule has 3 rings (SSSR count). The molecule has 0 aliphatic rings. The highest BCUT2D eigenvalue weighted by molar-refractivity contribution is 14.1. The Kier molecular flexibility index (Phi) is 14.2. The van der Waals surface area contributed by atoms with Gasteiger partial charge in [0.1, 0.15) is 11.6 Å². The van der Waals surface area contributed by atoms with E-state index in [1.807, 2.05) is 12.1 Å². The van der Waals surface area contributed by atoms with E-state index in [-0.39, 0.29) is 17.7 Å². The second kappa shape index (κ2) is 16.0. The van der Waals surface area contributed by atoms with E-state index in [9.17, 15) is 0 Å². The third-order valence-electron chi connectivity index (χ3n) is 3.81. The van der Waals surface area contributed by atoms with E-state index in [0.717, 1.165) is 50.4 Å². The van der Waals surface area contributed by atoms with Crippen LogP contribution < -0.4 is 16.0 Å². The quantitative estimate of drug-likeness (QED) is 0.180. The van der Waals surface area contributed by atoms with Gasteiger partial charge in [-0.05, 0) is 93.9 Å². The molecule has 0 aliphatic carbocycles. The normalized spacial score (nSPS) is 9.58. The van der Waals surface area contributed by atoms with Crippen molar-refractivity contribution in [3.05, 3.63) is 54.6 Å². The van der Waals surface area contributed by atoms with E-state index in [4.69, 9.17) is 16.9 Å². The van der Waals surface area contributed by atoms with Crippen molar-refractivity contribution < 1.29 is 0 Å². The van der Waals surface area contributed by atoms with E-state index in [1.165, 1.54) is 0 Å². The average molecular weight is 713 g/mol. The molecule has 0 bridgehead atoms. The number of aromatic nitrogens is 4. The SMILES string of the molecule is CCCNc1nc(Cl)ncc1I.CCCNc1nc(Nc2ccc(C#N)cc2)ncc1I.Cl. The lowest BCUT2D eigenvalue weighted by Crippen LogP contribution is -2.06. The van der Waals surface area contributed by atoms with Gasteiger partial charge >= 0.3 is 0 Å². The van der Waals surface area contributed by atoms with Crippen molar-refractivity contribution >= 4 is 92.5 Å². The Morgan fingerprint density at radius 3 is 2.00 bits per heavy atom. The van der Waals surface area contributed by atoms with E-state index < -0.39 is 0 Å². The summed E-state index contributed by atoms with van der Waals surface area (Å²) in [5.41, 5.74) is 1.48. The van der Waals surface area contributed by atoms with Crippen molar-refractivity contribution in [3.8, 4) is 6.07 Å². The lowest BCUT2D eigenvalue weighted by molar-refractivity contribution is 0.962. The van der Waals surface area contributed by atoms with Crippen LogP contribution in [0.15, 0.2) is 36.7 Å². The highest BCUT2D eigenvalue weighted by atomic mass is 127. The lowest BCUT2D eigenvalue weighted by atomic mass is 10.2. The Morgan fingerprint density at radius 2 is 1.45 bits per heavy atom. The third kappa shape index (κ3) is 10.4. The van der Waals surface area contributed by atoms with Gasteiger partial charge in [-0.2, -0.15) is 15.2 Å². The molecule has 0 atom stereocenters. The maximum Gasteiger partial charge on any atom is 0.229 e. The Balaban J connectivity index is 0.000000361. The fourth-order valence-electron chi connectivity index (χ4n) is 2.26. The minimum atomic E-state index is 0. The predicted octanol–water partition coefficient (Wildman–Crippen LogP) is 6.50. The Hall–Kier alpha value is -1.69. The first-order valence-corrected chi connectivity index (χ1v) is 12.5. The zero-order valence-electron chi connectivity index (χ0n) is 18.1. The van der Waals surface area contributed by atoms with Crippen molar-refractivity contribution in [1.82, 2.24) is 19.9 Å². The minimum absolute atomic E-state index is 0. The van der Waals surface area contributed by atoms with Crippen LogP contribution in [-0.4, -0.2) is 33.0 Å². The van der Waals surface area contributed by atoms with Gasteiger partial charge in [0.2, 0.25) is 11.2 Å². The number of nitrogens with one attached hydrogen (secondary N) is 3. The average Bonchev–Trinajstić information content (AvgIpc) is 2.81. The zero-order chi connectivity index (χ0) is 23.3. The molecule has 0 aliphatic heterocycles. The van der Waals surface area contributed by atoms with Gasteiger partial charge in [-0.3, -0.25) is 0 Å². The van der Waals surface area contributed by atoms with Crippen molar-refractivity contribution in [3.63, 3.8) is 0 Å². The molecule has 12 heteroatoms. The Morgan fingerprint density at radius 1 is 0.909 bits per heavy atom. The summed E-state index contributed by atoms with van der Waals surface area (Å²) in [6.45, 7) is 5.99. The van der Waals surface area contributed by atoms with Crippen molar-refractivity contribution in [2.75, 3.05) is 29.0 Å². The largest absolute Gasteiger partial charge is 0.369 e. The molecular formula is C21H24Cl2I2N8. The summed E-state index contributed by atoms with van der Waals surface area (Å²) in [5, 5.41) is 18.6. The smallest absolute Gasteiger partial charge is 0.229 e. The second-order valence-electron chi connectivity index (χ2n) is 6.39. The maximum absolute atomic E-state index is 8.76. The van der Waals surface area contributed by atoms with Crippen LogP contribution in [0.3, 0.4) is 0 Å². The van der Waals surface area contributed by atoms with Gasteiger partial charge in [-0.25, -0.2) is 9.97 Å². The number of hydrogen-bond acceptors (Lipinski definition) is 8. The summed E-state index contributed by atoms with van der Waals surface area (Å²) >= 11 is 10.0. The highest BCUT2D eigenvalue weighted by Crippen LogP contribution is 2.19. The topological polar surface area (TPSA) is 111 Å². The molecule has 2 aromatic heterocycles. The van der Waals surface area contributed by atoms with Gasteiger partial charge < -0.3 is 16.0 Å². The standard InChI is InChI=1S/C14H14IN5.C7H9ClIN3.ClH/c1-2-7-17-13-12(15)9-18-14(20-13)19-11-5-3-10(8-16)4-6-11;1-2-3-10-6-5(9)4-11-7(8)12-6;/h3-6,9H,2,7H2,1H3,(H2,17,18,19,20);4H,2-3H2,1H3,(H,10,11,12);1H. The number of benzene rings is 1. The Labute approximate surface area is 232 Å². The van der Waals surface area contributed by atoms with Crippen LogP contribution in [0.4, 0.5) is 23.3 Å². The number of hydrogen-bond donors (Lipinski definition) is 3. The van der Waals surface area contributed by atoms with Gasteiger partial charge in [0.15, 0.2) is 0 Å². The number of anilines is 4. The predicted molar refractivity (Wildman–Crippen MR) is 154 cm³/mol. The number of halogens is 4. The van der Waals surface area contributed by atoms with Crippen molar-refractivity contribution in [2.24, 2.45) is 0 Å². The summed E-state index contributed by atoms with van der Waals surface area (Å²) < 4.78 is 1.98. The summed E-state index contributed by atoms with van der Waals surface area (Å²) in [5.74, 6) is 2.18. The molecule has 0 fully saturated rings. The second-order valence-corrected chi connectivity index (χ2v) is 9.06. The van der Waals surface area contributed by atoms with Crippen LogP contribution in [0.5, 0.6) is 0 Å². The number of rotatable bonds is 8. The maximum atomic E-state index is 8.76. The summed E-state index contributed by atoms with van der Waals surface area (Å²) in [6, 6.07) is 9.26. The van der Waals surface area contributed by atoms with Crippen LogP contribution >= 0.6 is 69.2 Å². The summed E-state index contributed by atoms with van der Waals surface area (Å²) in [4.78, 5) is 16.6. The molecule has 0 saturated carbocycles. The zero-order valence-corrected chi connectivity index (χ0v) is 24.0. The monoisotopic (exact) mass is 712 g/mol. The molecule has 0 radical (unpaired) electrons. The van der Waals surface area contributed by atoms with Crippen LogP contribution in [0.25, 0.3) is 0 Å². The first kappa shape index (κ1) is 29.3. The lowest BCUT2D eigenvalue weighted by Gasteiger charge is -2.09. The summed E-state index contributed by atoms with van der Waals surface area (Å²) in [7, 11) is 0. The molecule has 3 N–H and O–H groups in total. The van der Waals surface area contributed by atoms with E-state index >= 15 is 0 Å². The fourth-order valence-corrected chi connectivity index (χ4v) is 3.30. The van der Waals surface area contributed by atoms with Crippen LogP contribution in [0, 0.1) is 18.5 Å². The molecule has 8 nitrogen and oxygen atoms in total. The van der Waals surface area contributed by atoms with Crippen LogP contribution in [0.1, 0.15) is 32.3 Å². The molecule has 0 unspecified atom stereocenters. The fraction of sp³-hybridized carbons (Fsp3) is 0.286. The number of nitrogens with zero attached hydrogens (tertiary/aromatic N) is 5.